The van der Waals surface area contributed by atoms with Gasteiger partial charge in [-0.15, -0.1) is 9.05 Å². The predicted molar refractivity (Wildman–Crippen MR) is 91.8 cm³/mol. The Bertz CT molecular complexity index is 720. The molecular weight excluding hydrogens is 351 g/mol. The van der Waals surface area contributed by atoms with Gasteiger partial charge in [-0.25, -0.2) is 0 Å². The fraction of sp³-hybridized carbons (Fsp3) is 0.235. The van der Waals surface area contributed by atoms with Crippen LogP contribution in [0.3, 0.4) is 0 Å². The van der Waals surface area contributed by atoms with Crippen molar-refractivity contribution in [2.75, 3.05) is 13.7 Å². The first-order chi connectivity index (χ1) is 11.6. The zero-order chi connectivity index (χ0) is 17.5. The van der Waals surface area contributed by atoms with Gasteiger partial charge in [0.1, 0.15) is 12.4 Å². The van der Waals surface area contributed by atoms with Gasteiger partial charge in [-0.3, -0.25) is 4.79 Å². The molecule has 0 saturated carbocycles. The van der Waals surface area contributed by atoms with Crippen LogP contribution in [0.4, 0.5) is 0 Å². The van der Waals surface area contributed by atoms with Crippen LogP contribution in [0.25, 0.3) is 0 Å². The van der Waals surface area contributed by atoms with Crippen LogP contribution in [0.2, 0.25) is 5.02 Å². The molecule has 0 aliphatic heterocycles. The number of ketones is 1. The SMILES string of the molecule is CCO[P+](=O)OC(C(=O)c1c(Cl)cccc1OC)c1ccccc1. The van der Waals surface area contributed by atoms with Gasteiger partial charge in [0, 0.05) is 4.57 Å². The lowest BCUT2D eigenvalue weighted by atomic mass is 9.99. The van der Waals surface area contributed by atoms with Crippen molar-refractivity contribution in [1.82, 2.24) is 0 Å². The molecule has 2 atom stereocenters. The van der Waals surface area contributed by atoms with Gasteiger partial charge in [0.05, 0.1) is 17.7 Å². The number of rotatable bonds is 8. The Morgan fingerprint density at radius 1 is 1.17 bits per heavy atom. The van der Waals surface area contributed by atoms with Crippen LogP contribution in [-0.4, -0.2) is 19.5 Å². The van der Waals surface area contributed by atoms with E-state index in [1.165, 1.54) is 7.11 Å². The van der Waals surface area contributed by atoms with E-state index in [0.717, 1.165) is 0 Å². The minimum atomic E-state index is -2.44. The van der Waals surface area contributed by atoms with E-state index in [2.05, 4.69) is 0 Å². The lowest BCUT2D eigenvalue weighted by Crippen LogP contribution is -2.16. The van der Waals surface area contributed by atoms with Crippen molar-refractivity contribution in [3.63, 3.8) is 0 Å². The zero-order valence-corrected chi connectivity index (χ0v) is 14.9. The third-order valence-electron chi connectivity index (χ3n) is 3.21. The Morgan fingerprint density at radius 3 is 2.50 bits per heavy atom. The highest BCUT2D eigenvalue weighted by Gasteiger charge is 2.36. The Morgan fingerprint density at radius 2 is 1.88 bits per heavy atom. The quantitative estimate of drug-likeness (QED) is 0.486. The second-order valence-electron chi connectivity index (χ2n) is 4.72. The Kier molecular flexibility index (Phi) is 6.88. The molecule has 7 heteroatoms. The number of methoxy groups -OCH3 is 1. The summed E-state index contributed by atoms with van der Waals surface area (Å²) in [6.45, 7) is 1.90. The minimum Gasteiger partial charge on any atom is -0.496 e. The maximum Gasteiger partial charge on any atom is 0.698 e. The lowest BCUT2D eigenvalue weighted by molar-refractivity contribution is 0.0765. The topological polar surface area (TPSA) is 61.8 Å². The highest BCUT2D eigenvalue weighted by molar-refractivity contribution is 7.33. The number of halogens is 1. The maximum atomic E-state index is 13.0. The van der Waals surface area contributed by atoms with Crippen LogP contribution in [0.15, 0.2) is 48.5 Å². The molecule has 0 spiro atoms. The fourth-order valence-electron chi connectivity index (χ4n) is 2.15. The van der Waals surface area contributed by atoms with Crippen molar-refractivity contribution >= 4 is 25.6 Å². The molecule has 24 heavy (non-hydrogen) atoms. The van der Waals surface area contributed by atoms with Crippen LogP contribution >= 0.6 is 19.9 Å². The van der Waals surface area contributed by atoms with E-state index < -0.39 is 20.1 Å². The first-order valence-electron chi connectivity index (χ1n) is 7.27. The standard InChI is InChI=1S/C17H17ClO5P/c1-3-22-24(20)23-17(12-8-5-4-6-9-12)16(19)15-13(18)10-7-11-14(15)21-2/h4-11,17H,3H2,1-2H3/q+1. The highest BCUT2D eigenvalue weighted by Crippen LogP contribution is 2.38. The number of Topliss-reactive ketones (excluding diaryl/α,β-unsaturated/α-hetero) is 1. The molecule has 2 unspecified atom stereocenters. The van der Waals surface area contributed by atoms with Crippen LogP contribution in [0.5, 0.6) is 5.75 Å². The largest absolute Gasteiger partial charge is 0.698 e. The molecule has 5 nitrogen and oxygen atoms in total. The van der Waals surface area contributed by atoms with E-state index in [-0.39, 0.29) is 17.2 Å². The van der Waals surface area contributed by atoms with Crippen LogP contribution < -0.4 is 4.74 Å². The van der Waals surface area contributed by atoms with Crippen molar-refractivity contribution < 1.29 is 23.1 Å². The van der Waals surface area contributed by atoms with Gasteiger partial charge in [0.15, 0.2) is 0 Å². The molecular formula is C17H17ClO5P+. The molecule has 0 aliphatic carbocycles. The van der Waals surface area contributed by atoms with Gasteiger partial charge in [-0.05, 0) is 24.6 Å². The first-order valence-corrected chi connectivity index (χ1v) is 8.74. The third kappa shape index (κ3) is 4.40. The molecule has 2 rings (SSSR count). The highest BCUT2D eigenvalue weighted by atomic mass is 35.5. The number of carbonyl (C=O) groups is 1. The molecule has 0 bridgehead atoms. The molecule has 126 valence electrons. The molecule has 0 radical (unpaired) electrons. The van der Waals surface area contributed by atoms with E-state index >= 15 is 0 Å². The molecule has 0 amide bonds. The Hall–Kier alpha value is -1.78. The Labute approximate surface area is 146 Å². The van der Waals surface area contributed by atoms with Gasteiger partial charge in [-0.1, -0.05) is 48.0 Å². The summed E-state index contributed by atoms with van der Waals surface area (Å²) >= 11 is 6.17. The summed E-state index contributed by atoms with van der Waals surface area (Å²) in [6.07, 6.45) is -1.12. The second-order valence-corrected chi connectivity index (χ2v) is 6.04. The molecule has 0 fully saturated rings. The van der Waals surface area contributed by atoms with Crippen LogP contribution in [0.1, 0.15) is 28.9 Å². The van der Waals surface area contributed by atoms with Crippen LogP contribution in [-0.2, 0) is 13.6 Å². The second kappa shape index (κ2) is 8.90. The smallest absolute Gasteiger partial charge is 0.496 e. The van der Waals surface area contributed by atoms with Gasteiger partial charge in [-0.2, -0.15) is 0 Å². The number of ether oxygens (including phenoxy) is 1. The van der Waals surface area contributed by atoms with E-state index in [4.69, 9.17) is 25.4 Å². The average Bonchev–Trinajstić information content (AvgIpc) is 2.60. The predicted octanol–water partition coefficient (Wildman–Crippen LogP) is 4.98. The molecule has 0 heterocycles. The lowest BCUT2D eigenvalue weighted by Gasteiger charge is -2.14. The molecule has 0 aromatic heterocycles. The first kappa shape index (κ1) is 18.6. The molecule has 0 aliphatic rings. The minimum absolute atomic E-state index is 0.176. The van der Waals surface area contributed by atoms with Crippen molar-refractivity contribution in [2.24, 2.45) is 0 Å². The Balaban J connectivity index is 2.44. The maximum absolute atomic E-state index is 13.0. The van der Waals surface area contributed by atoms with Crippen molar-refractivity contribution in [1.29, 1.82) is 0 Å². The molecule has 0 N–H and O–H groups in total. The number of hydrogen-bond acceptors (Lipinski definition) is 5. The van der Waals surface area contributed by atoms with Gasteiger partial charge in [0.25, 0.3) is 0 Å². The van der Waals surface area contributed by atoms with Crippen molar-refractivity contribution in [2.45, 2.75) is 13.0 Å². The van der Waals surface area contributed by atoms with Crippen molar-refractivity contribution in [3.8, 4) is 5.75 Å². The summed E-state index contributed by atoms with van der Waals surface area (Å²) in [4.78, 5) is 13.0. The van der Waals surface area contributed by atoms with Gasteiger partial charge < -0.3 is 4.74 Å². The number of hydrogen-bond donors (Lipinski definition) is 0. The van der Waals surface area contributed by atoms with Gasteiger partial charge in [0.2, 0.25) is 11.9 Å². The summed E-state index contributed by atoms with van der Waals surface area (Å²) in [5, 5.41) is 0.232. The van der Waals surface area contributed by atoms with Crippen LogP contribution in [0, 0.1) is 0 Å². The summed E-state index contributed by atoms with van der Waals surface area (Å²) in [7, 11) is -0.999. The van der Waals surface area contributed by atoms with E-state index in [1.54, 1.807) is 49.4 Å². The summed E-state index contributed by atoms with van der Waals surface area (Å²) < 4.78 is 27.4. The third-order valence-corrected chi connectivity index (χ3v) is 4.38. The van der Waals surface area contributed by atoms with E-state index in [1.807, 2.05) is 6.07 Å². The monoisotopic (exact) mass is 367 g/mol. The molecule has 2 aromatic carbocycles. The number of benzene rings is 2. The molecule has 0 saturated heterocycles. The summed E-state index contributed by atoms with van der Waals surface area (Å²) in [6, 6.07) is 13.6. The summed E-state index contributed by atoms with van der Waals surface area (Å²) in [5.41, 5.74) is 0.725. The zero-order valence-electron chi connectivity index (χ0n) is 13.3. The fourth-order valence-corrected chi connectivity index (χ4v) is 3.07. The average molecular weight is 368 g/mol. The van der Waals surface area contributed by atoms with E-state index in [9.17, 15) is 9.36 Å². The van der Waals surface area contributed by atoms with E-state index in [0.29, 0.717) is 11.3 Å². The van der Waals surface area contributed by atoms with Crippen molar-refractivity contribution in [3.05, 3.63) is 64.7 Å². The molecule has 2 aromatic rings. The normalized spacial score (nSPS) is 12.5. The van der Waals surface area contributed by atoms with Gasteiger partial charge >= 0.3 is 8.25 Å². The number of carbonyl (C=O) groups excluding carboxylic acids is 1. The summed E-state index contributed by atoms with van der Waals surface area (Å²) in [5.74, 6) is -0.129.